The summed E-state index contributed by atoms with van der Waals surface area (Å²) in [6.07, 6.45) is 8.77. The van der Waals surface area contributed by atoms with Gasteiger partial charge in [-0.15, -0.1) is 0 Å². The van der Waals surface area contributed by atoms with Gasteiger partial charge in [-0.3, -0.25) is 0 Å². The highest BCUT2D eigenvalue weighted by Gasteiger charge is 2.49. The van der Waals surface area contributed by atoms with Crippen LogP contribution in [-0.4, -0.2) is 20.8 Å². The second kappa shape index (κ2) is 4.20. The summed E-state index contributed by atoms with van der Waals surface area (Å²) < 4.78 is 2.30. The molecule has 3 atom stereocenters. The first-order chi connectivity index (χ1) is 10.3. The van der Waals surface area contributed by atoms with Gasteiger partial charge in [-0.1, -0.05) is 24.3 Å². The molecule has 2 bridgehead atoms. The number of aliphatic hydroxyl groups is 1. The van der Waals surface area contributed by atoms with Crippen LogP contribution in [-0.2, 0) is 0 Å². The number of imidazole rings is 1. The smallest absolute Gasteiger partial charge is 0.0956 e. The van der Waals surface area contributed by atoms with E-state index in [-0.39, 0.29) is 12.1 Å². The van der Waals surface area contributed by atoms with Crippen LogP contribution in [0.3, 0.4) is 0 Å². The van der Waals surface area contributed by atoms with Crippen LogP contribution in [0.2, 0.25) is 0 Å². The minimum absolute atomic E-state index is 0.149. The van der Waals surface area contributed by atoms with Gasteiger partial charge in [0, 0.05) is 11.5 Å². The van der Waals surface area contributed by atoms with Crippen molar-refractivity contribution >= 4 is 0 Å². The van der Waals surface area contributed by atoms with Crippen LogP contribution in [0.25, 0.3) is 11.3 Å². The number of hydrogen-bond donors (Lipinski definition) is 1. The van der Waals surface area contributed by atoms with Gasteiger partial charge in [-0.2, -0.15) is 0 Å². The van der Waals surface area contributed by atoms with E-state index in [4.69, 9.17) is 0 Å². The summed E-state index contributed by atoms with van der Waals surface area (Å²) >= 11 is 0. The van der Waals surface area contributed by atoms with E-state index in [0.717, 1.165) is 0 Å². The van der Waals surface area contributed by atoms with Crippen LogP contribution in [0.5, 0.6) is 0 Å². The monoisotopic (exact) mass is 280 g/mol. The molecule has 3 heteroatoms. The Morgan fingerprint density at radius 3 is 2.62 bits per heavy atom. The lowest BCUT2D eigenvalue weighted by atomic mass is 9.60. The Morgan fingerprint density at radius 1 is 1.05 bits per heavy atom. The number of fused-ring (bicyclic) bond motifs is 6. The van der Waals surface area contributed by atoms with Crippen molar-refractivity contribution < 1.29 is 5.11 Å². The average molecular weight is 280 g/mol. The van der Waals surface area contributed by atoms with Crippen molar-refractivity contribution in [3.63, 3.8) is 0 Å². The highest BCUT2D eigenvalue weighted by Crippen LogP contribution is 2.54. The van der Waals surface area contributed by atoms with Crippen LogP contribution < -0.4 is 0 Å². The molecule has 1 aromatic carbocycles. The van der Waals surface area contributed by atoms with E-state index in [9.17, 15) is 5.11 Å². The first-order valence-corrected chi connectivity index (χ1v) is 8.14. The van der Waals surface area contributed by atoms with Gasteiger partial charge >= 0.3 is 0 Å². The molecule has 0 amide bonds. The zero-order valence-electron chi connectivity index (χ0n) is 12.0. The van der Waals surface area contributed by atoms with Crippen molar-refractivity contribution in [3.05, 3.63) is 42.4 Å². The van der Waals surface area contributed by atoms with Gasteiger partial charge in [0.1, 0.15) is 0 Å². The predicted molar refractivity (Wildman–Crippen MR) is 80.7 cm³/mol. The Morgan fingerprint density at radius 2 is 1.81 bits per heavy atom. The summed E-state index contributed by atoms with van der Waals surface area (Å²) in [5.74, 6) is 1.53. The topological polar surface area (TPSA) is 38.1 Å². The fourth-order valence-electron chi connectivity index (χ4n) is 5.17. The van der Waals surface area contributed by atoms with Crippen molar-refractivity contribution in [1.29, 1.82) is 0 Å². The molecule has 0 spiro atoms. The molecule has 3 nitrogen and oxygen atoms in total. The van der Waals surface area contributed by atoms with E-state index in [0.29, 0.717) is 17.8 Å². The fraction of sp³-hybridized carbons (Fsp3) is 0.500. The van der Waals surface area contributed by atoms with Gasteiger partial charge in [0.05, 0.1) is 30.4 Å². The molecule has 3 saturated carbocycles. The summed E-state index contributed by atoms with van der Waals surface area (Å²) in [6, 6.07) is 8.93. The molecule has 1 N–H and O–H groups in total. The zero-order chi connectivity index (χ0) is 14.0. The summed E-state index contributed by atoms with van der Waals surface area (Å²) in [4.78, 5) is 4.36. The van der Waals surface area contributed by atoms with Crippen molar-refractivity contribution in [2.24, 2.45) is 17.8 Å². The first kappa shape index (κ1) is 12.0. The van der Waals surface area contributed by atoms with Crippen LogP contribution in [0, 0.1) is 17.8 Å². The minimum Gasteiger partial charge on any atom is -0.392 e. The molecule has 3 aliphatic carbocycles. The highest BCUT2D eigenvalue weighted by molar-refractivity contribution is 5.69. The average Bonchev–Trinajstić information content (AvgIpc) is 3.10. The first-order valence-electron chi connectivity index (χ1n) is 8.14. The van der Waals surface area contributed by atoms with Gasteiger partial charge in [-0.25, -0.2) is 4.98 Å². The Hall–Kier alpha value is -1.61. The van der Waals surface area contributed by atoms with E-state index in [1.807, 2.05) is 12.5 Å². The second-order valence-corrected chi connectivity index (χ2v) is 6.96. The van der Waals surface area contributed by atoms with E-state index in [1.54, 1.807) is 0 Å². The molecule has 108 valence electrons. The number of benzene rings is 1. The molecular weight excluding hydrogens is 260 g/mol. The SMILES string of the molecule is O[C@@H]1C2CCC(CC2)[C@H]1[C@@H]1c2ccccc2-c2cncn21. The molecule has 0 saturated heterocycles. The third-order valence-corrected chi connectivity index (χ3v) is 6.12. The number of hydrogen-bond acceptors (Lipinski definition) is 2. The maximum Gasteiger partial charge on any atom is 0.0956 e. The van der Waals surface area contributed by atoms with Gasteiger partial charge in [0.25, 0.3) is 0 Å². The lowest BCUT2D eigenvalue weighted by Gasteiger charge is -2.49. The summed E-state index contributed by atoms with van der Waals surface area (Å²) in [5, 5.41) is 10.9. The van der Waals surface area contributed by atoms with Gasteiger partial charge in [0.15, 0.2) is 0 Å². The Balaban J connectivity index is 1.67. The molecule has 0 unspecified atom stereocenters. The van der Waals surface area contributed by atoms with Gasteiger partial charge in [0.2, 0.25) is 0 Å². The predicted octanol–water partition coefficient (Wildman–Crippen LogP) is 3.25. The molecule has 1 aromatic heterocycles. The highest BCUT2D eigenvalue weighted by atomic mass is 16.3. The molecule has 21 heavy (non-hydrogen) atoms. The standard InChI is InChI=1S/C18H20N2O/c21-18-12-7-5-11(6-8-12)16(18)17-14-4-2-1-3-13(14)15-9-19-10-20(15)17/h1-4,9-12,16-18,21H,5-8H2/t11?,12?,16-,17-,18+/m0/s1. The van der Waals surface area contributed by atoms with E-state index in [1.165, 1.54) is 42.5 Å². The third-order valence-electron chi connectivity index (χ3n) is 6.12. The quantitative estimate of drug-likeness (QED) is 0.870. The van der Waals surface area contributed by atoms with Gasteiger partial charge in [-0.05, 0) is 43.1 Å². The van der Waals surface area contributed by atoms with E-state index in [2.05, 4.69) is 33.8 Å². The van der Waals surface area contributed by atoms with E-state index < -0.39 is 0 Å². The Labute approximate surface area is 124 Å². The van der Waals surface area contributed by atoms with Crippen molar-refractivity contribution in [2.45, 2.75) is 37.8 Å². The Bertz CT molecular complexity index is 682. The molecule has 2 heterocycles. The number of nitrogens with zero attached hydrogens (tertiary/aromatic N) is 2. The summed E-state index contributed by atoms with van der Waals surface area (Å²) in [7, 11) is 0. The number of aliphatic hydroxyl groups excluding tert-OH is 1. The molecule has 3 fully saturated rings. The lowest BCUT2D eigenvalue weighted by Crippen LogP contribution is -2.47. The largest absolute Gasteiger partial charge is 0.392 e. The van der Waals surface area contributed by atoms with Crippen LogP contribution in [0.1, 0.15) is 37.3 Å². The van der Waals surface area contributed by atoms with Crippen LogP contribution >= 0.6 is 0 Å². The third kappa shape index (κ3) is 1.50. The number of aromatic nitrogens is 2. The van der Waals surface area contributed by atoms with Crippen molar-refractivity contribution in [2.75, 3.05) is 0 Å². The molecule has 4 aliphatic rings. The maximum atomic E-state index is 10.9. The molecular formula is C18H20N2O. The summed E-state index contributed by atoms with van der Waals surface area (Å²) in [6.45, 7) is 0. The molecule has 1 aliphatic heterocycles. The summed E-state index contributed by atoms with van der Waals surface area (Å²) in [5.41, 5.74) is 3.89. The lowest BCUT2D eigenvalue weighted by molar-refractivity contribution is -0.0693. The zero-order valence-corrected chi connectivity index (χ0v) is 12.0. The number of rotatable bonds is 1. The normalized spacial score (nSPS) is 36.5. The van der Waals surface area contributed by atoms with Crippen LogP contribution in [0.4, 0.5) is 0 Å². The van der Waals surface area contributed by atoms with Crippen molar-refractivity contribution in [1.82, 2.24) is 9.55 Å². The molecule has 6 rings (SSSR count). The maximum absolute atomic E-state index is 10.9. The minimum atomic E-state index is -0.149. The fourth-order valence-corrected chi connectivity index (χ4v) is 5.17. The van der Waals surface area contributed by atoms with Crippen molar-refractivity contribution in [3.8, 4) is 11.3 Å². The van der Waals surface area contributed by atoms with E-state index >= 15 is 0 Å². The second-order valence-electron chi connectivity index (χ2n) is 6.96. The van der Waals surface area contributed by atoms with Crippen LogP contribution in [0.15, 0.2) is 36.8 Å². The molecule has 2 aromatic rings. The van der Waals surface area contributed by atoms with Gasteiger partial charge < -0.3 is 9.67 Å². The Kier molecular flexibility index (Phi) is 2.40. The molecule has 0 radical (unpaired) electrons.